The van der Waals surface area contributed by atoms with E-state index in [1.165, 1.54) is 20.2 Å². The van der Waals surface area contributed by atoms with E-state index < -0.39 is 12.7 Å². The molecule has 0 N–H and O–H groups in total. The van der Waals surface area contributed by atoms with Gasteiger partial charge in [-0.2, -0.15) is 0 Å². The first kappa shape index (κ1) is 14.1. The van der Waals surface area contributed by atoms with E-state index in [9.17, 15) is 0 Å². The number of benzene rings is 3. The van der Waals surface area contributed by atoms with Crippen LogP contribution in [0.15, 0.2) is 79.0 Å². The Morgan fingerprint density at radius 2 is 1.72 bits per heavy atom. The van der Waals surface area contributed by atoms with Crippen LogP contribution in [0.5, 0.6) is 0 Å². The molecule has 2 heterocycles. The summed E-state index contributed by atoms with van der Waals surface area (Å²) in [4.78, 5) is 4.74. The van der Waals surface area contributed by atoms with Crippen molar-refractivity contribution in [1.82, 2.24) is 4.98 Å². The maximum Gasteiger partial charge on any atom is 0.0716 e. The van der Waals surface area contributed by atoms with Gasteiger partial charge in [-0.25, -0.2) is 0 Å². The first-order chi connectivity index (χ1) is 15.6. The van der Waals surface area contributed by atoms with E-state index in [-0.39, 0.29) is 5.56 Å². The lowest BCUT2D eigenvalue weighted by Gasteiger charge is -2.12. The minimum atomic E-state index is -2.28. The van der Waals surface area contributed by atoms with Gasteiger partial charge in [0.05, 0.1) is 5.69 Å². The third kappa shape index (κ3) is 3.14. The number of thiophene rings is 1. The fraction of sp³-hybridized carbons (Fsp3) is 0.148. The van der Waals surface area contributed by atoms with Gasteiger partial charge in [-0.15, -0.1) is 11.3 Å². The molecule has 2 heteroatoms. The van der Waals surface area contributed by atoms with Crippen molar-refractivity contribution in [3.05, 3.63) is 90.1 Å². The fourth-order valence-electron chi connectivity index (χ4n) is 3.83. The first-order valence-corrected chi connectivity index (χ1v) is 10.5. The van der Waals surface area contributed by atoms with Crippen molar-refractivity contribution in [2.45, 2.75) is 26.6 Å². The number of fused-ring (bicyclic) bond motifs is 3. The van der Waals surface area contributed by atoms with Gasteiger partial charge in [-0.1, -0.05) is 74.5 Å². The number of hydrogen-bond acceptors (Lipinski definition) is 2. The molecule has 2 aromatic heterocycles. The topological polar surface area (TPSA) is 12.9 Å². The summed E-state index contributed by atoms with van der Waals surface area (Å²) >= 11 is 1.77. The van der Waals surface area contributed by atoms with Crippen molar-refractivity contribution >= 4 is 31.5 Å². The molecule has 0 fully saturated rings. The van der Waals surface area contributed by atoms with Crippen LogP contribution in [0.1, 0.15) is 36.4 Å². The standard InChI is InChI=1S/C27H23NS/c1-17(2)21-13-11-19(15-18(21)3)20-12-14-25(28-16-20)24-9-6-8-23-22-7-4-5-10-26(22)29-27(23)24/h4-17H,1-3H3/i3D3,17D. The summed E-state index contributed by atoms with van der Waals surface area (Å²) in [5.41, 5.74) is 4.35. The molecule has 0 bridgehead atoms. The molecule has 0 atom stereocenters. The molecule has 0 aliphatic carbocycles. The monoisotopic (exact) mass is 397 g/mol. The van der Waals surface area contributed by atoms with Crippen molar-refractivity contribution < 1.29 is 5.48 Å². The number of pyridine rings is 1. The number of aromatic nitrogens is 1. The molecule has 0 saturated carbocycles. The van der Waals surface area contributed by atoms with Crippen LogP contribution in [-0.2, 0) is 0 Å². The molecule has 0 aliphatic heterocycles. The molecule has 3 aromatic carbocycles. The van der Waals surface area contributed by atoms with Crippen LogP contribution in [0, 0.1) is 6.85 Å². The van der Waals surface area contributed by atoms with Crippen molar-refractivity contribution in [2.75, 3.05) is 0 Å². The van der Waals surface area contributed by atoms with Crippen molar-refractivity contribution in [2.24, 2.45) is 0 Å². The van der Waals surface area contributed by atoms with Gasteiger partial charge in [0, 0.05) is 43.0 Å². The van der Waals surface area contributed by atoms with Crippen LogP contribution in [-0.4, -0.2) is 4.98 Å². The normalized spacial score (nSPS) is 14.4. The Balaban J connectivity index is 1.57. The van der Waals surface area contributed by atoms with E-state index in [1.807, 2.05) is 18.2 Å². The molecule has 1 nitrogen and oxygen atoms in total. The van der Waals surface area contributed by atoms with Gasteiger partial charge < -0.3 is 0 Å². The predicted octanol–water partition coefficient (Wildman–Crippen LogP) is 8.22. The summed E-state index contributed by atoms with van der Waals surface area (Å²) in [6, 6.07) is 24.0. The Morgan fingerprint density at radius 1 is 0.897 bits per heavy atom. The van der Waals surface area contributed by atoms with E-state index in [0.717, 1.165) is 22.4 Å². The van der Waals surface area contributed by atoms with Crippen LogP contribution in [0.4, 0.5) is 0 Å². The summed E-state index contributed by atoms with van der Waals surface area (Å²) in [7, 11) is 0. The van der Waals surface area contributed by atoms with Gasteiger partial charge in [-0.05, 0) is 41.6 Å². The van der Waals surface area contributed by atoms with E-state index in [4.69, 9.17) is 10.5 Å². The second-order valence-electron chi connectivity index (χ2n) is 7.47. The molecule has 0 unspecified atom stereocenters. The molecule has 5 rings (SSSR count). The van der Waals surface area contributed by atoms with Crippen molar-refractivity contribution in [3.63, 3.8) is 0 Å². The summed E-state index contributed by atoms with van der Waals surface area (Å²) in [5.74, 6) is -0.993. The maximum atomic E-state index is 8.34. The zero-order valence-corrected chi connectivity index (χ0v) is 17.2. The molecule has 0 radical (unpaired) electrons. The largest absolute Gasteiger partial charge is 0.256 e. The average molecular weight is 398 g/mol. The van der Waals surface area contributed by atoms with Gasteiger partial charge in [-0.3, -0.25) is 4.98 Å². The van der Waals surface area contributed by atoms with Gasteiger partial charge in [0.2, 0.25) is 0 Å². The van der Waals surface area contributed by atoms with Crippen LogP contribution in [0.25, 0.3) is 42.6 Å². The quantitative estimate of drug-likeness (QED) is 0.299. The Morgan fingerprint density at radius 3 is 2.52 bits per heavy atom. The Labute approximate surface area is 181 Å². The Bertz CT molecular complexity index is 1470. The van der Waals surface area contributed by atoms with Gasteiger partial charge in [0.1, 0.15) is 0 Å². The molecular formula is C27H23NS. The molecule has 0 amide bonds. The molecule has 0 spiro atoms. The lowest BCUT2D eigenvalue weighted by atomic mass is 9.94. The highest BCUT2D eigenvalue weighted by Crippen LogP contribution is 2.39. The number of hydrogen-bond donors (Lipinski definition) is 0. The molecule has 29 heavy (non-hydrogen) atoms. The van der Waals surface area contributed by atoms with Crippen LogP contribution >= 0.6 is 11.3 Å². The van der Waals surface area contributed by atoms with Crippen molar-refractivity contribution in [3.8, 4) is 22.4 Å². The molecule has 0 aliphatic rings. The van der Waals surface area contributed by atoms with E-state index in [0.29, 0.717) is 5.56 Å². The summed E-state index contributed by atoms with van der Waals surface area (Å²) in [6.07, 6.45) is 1.80. The van der Waals surface area contributed by atoms with E-state index >= 15 is 0 Å². The van der Waals surface area contributed by atoms with Crippen LogP contribution in [0.2, 0.25) is 0 Å². The second-order valence-corrected chi connectivity index (χ2v) is 8.53. The fourth-order valence-corrected chi connectivity index (χ4v) is 5.06. The molecule has 0 saturated heterocycles. The third-order valence-electron chi connectivity index (χ3n) is 5.34. The smallest absolute Gasteiger partial charge is 0.0716 e. The van der Waals surface area contributed by atoms with Crippen molar-refractivity contribution in [1.29, 1.82) is 0 Å². The lowest BCUT2D eigenvalue weighted by molar-refractivity contribution is 0.857. The molecule has 5 aromatic rings. The summed E-state index contributed by atoms with van der Waals surface area (Å²) in [6.45, 7) is 1.14. The van der Waals surface area contributed by atoms with E-state index in [1.54, 1.807) is 43.5 Å². The number of rotatable bonds is 3. The zero-order chi connectivity index (χ0) is 23.4. The minimum absolute atomic E-state index is 0.221. The highest BCUT2D eigenvalue weighted by molar-refractivity contribution is 7.26. The highest BCUT2D eigenvalue weighted by Gasteiger charge is 2.11. The SMILES string of the molecule is [2H]C([2H])([2H])c1cc(-c2ccc(-c3cccc4c3sc3ccccc34)nc2)ccc1C([2H])(C)C. The second kappa shape index (κ2) is 7.13. The minimum Gasteiger partial charge on any atom is -0.256 e. The summed E-state index contributed by atoms with van der Waals surface area (Å²) in [5, 5.41) is 2.49. The van der Waals surface area contributed by atoms with Crippen LogP contribution in [0.3, 0.4) is 0 Å². The Kier molecular flexibility index (Phi) is 3.46. The number of nitrogens with zero attached hydrogens (tertiary/aromatic N) is 1. The van der Waals surface area contributed by atoms with Gasteiger partial charge in [0.15, 0.2) is 0 Å². The third-order valence-corrected chi connectivity index (χ3v) is 6.56. The average Bonchev–Trinajstić information content (AvgIpc) is 3.16. The van der Waals surface area contributed by atoms with Crippen LogP contribution < -0.4 is 0 Å². The predicted molar refractivity (Wildman–Crippen MR) is 127 cm³/mol. The summed E-state index contributed by atoms with van der Waals surface area (Å²) < 4.78 is 34.7. The lowest BCUT2D eigenvalue weighted by Crippen LogP contribution is -1.92. The molecular weight excluding hydrogens is 370 g/mol. The highest BCUT2D eigenvalue weighted by atomic mass is 32.1. The maximum absolute atomic E-state index is 8.34. The Hall–Kier alpha value is -2.97. The van der Waals surface area contributed by atoms with Gasteiger partial charge >= 0.3 is 0 Å². The zero-order valence-electron chi connectivity index (χ0n) is 20.4. The number of aryl methyl sites for hydroxylation is 1. The molecule has 142 valence electrons. The first-order valence-electron chi connectivity index (χ1n) is 11.6. The van der Waals surface area contributed by atoms with E-state index in [2.05, 4.69) is 42.5 Å². The van der Waals surface area contributed by atoms with Gasteiger partial charge in [0.25, 0.3) is 0 Å².